The van der Waals surface area contributed by atoms with Gasteiger partial charge in [0.05, 0.1) is 17.7 Å². The number of ether oxygens (including phenoxy) is 1. The molecule has 0 heterocycles. The van der Waals surface area contributed by atoms with Gasteiger partial charge in [-0.1, -0.05) is 11.6 Å². The first-order valence-electron chi connectivity index (χ1n) is 4.80. The lowest BCUT2D eigenvalue weighted by Gasteiger charge is -2.12. The van der Waals surface area contributed by atoms with Gasteiger partial charge < -0.3 is 4.74 Å². The maximum Gasteiger partial charge on any atom is 0.422 e. The monoisotopic (exact) mass is 332 g/mol. The molecule has 1 rings (SSSR count). The second kappa shape index (κ2) is 5.85. The molecule has 1 amide bonds. The molecule has 2 N–H and O–H groups in total. The van der Waals surface area contributed by atoms with Crippen LogP contribution in [0.5, 0.6) is 0 Å². The Labute approximate surface area is 116 Å². The summed E-state index contributed by atoms with van der Waals surface area (Å²) in [6, 6.07) is 1.77. The third-order valence-electron chi connectivity index (χ3n) is 2.02. The highest BCUT2D eigenvalue weighted by Crippen LogP contribution is 2.33. The topological polar surface area (TPSA) is 84.5 Å². The lowest BCUT2D eigenvalue weighted by molar-refractivity contribution is -0.137. The smallest absolute Gasteiger partial charge is 0.422 e. The van der Waals surface area contributed by atoms with Gasteiger partial charge in [-0.15, -0.1) is 4.83 Å². The molecular weight excluding hydrogens is 325 g/mol. The van der Waals surface area contributed by atoms with Crippen LogP contribution in [0, 0.1) is 0 Å². The predicted molar refractivity (Wildman–Crippen MR) is 62.3 cm³/mol. The first-order valence-corrected chi connectivity index (χ1v) is 6.66. The molecule has 0 aliphatic carbocycles. The number of benzene rings is 1. The van der Waals surface area contributed by atoms with Crippen molar-refractivity contribution in [2.45, 2.75) is 11.1 Å². The van der Waals surface area contributed by atoms with E-state index in [4.69, 9.17) is 11.6 Å². The quantitative estimate of drug-likeness (QED) is 0.828. The molecule has 112 valence electrons. The second-order valence-electron chi connectivity index (χ2n) is 3.37. The highest BCUT2D eigenvalue weighted by molar-refractivity contribution is 7.89. The minimum atomic E-state index is -4.73. The summed E-state index contributed by atoms with van der Waals surface area (Å²) in [6.45, 7) is 0. The molecule has 0 saturated heterocycles. The van der Waals surface area contributed by atoms with Crippen LogP contribution in [0.25, 0.3) is 0 Å². The zero-order valence-electron chi connectivity index (χ0n) is 9.79. The number of rotatable bonds is 3. The van der Waals surface area contributed by atoms with Gasteiger partial charge in [0, 0.05) is 0 Å². The third kappa shape index (κ3) is 3.99. The van der Waals surface area contributed by atoms with Crippen molar-refractivity contribution >= 4 is 27.7 Å². The van der Waals surface area contributed by atoms with Gasteiger partial charge in [0.15, 0.2) is 0 Å². The highest BCUT2D eigenvalue weighted by Gasteiger charge is 2.32. The summed E-state index contributed by atoms with van der Waals surface area (Å²) >= 11 is 5.55. The number of sulfonamides is 1. The lowest BCUT2D eigenvalue weighted by atomic mass is 10.2. The number of amides is 1. The molecule has 20 heavy (non-hydrogen) atoms. The molecule has 0 aliphatic heterocycles. The van der Waals surface area contributed by atoms with Crippen LogP contribution in [0.1, 0.15) is 5.56 Å². The van der Waals surface area contributed by atoms with Gasteiger partial charge in [-0.2, -0.15) is 13.2 Å². The molecule has 0 radical (unpaired) electrons. The van der Waals surface area contributed by atoms with E-state index in [1.165, 1.54) is 0 Å². The van der Waals surface area contributed by atoms with Crippen molar-refractivity contribution in [1.82, 2.24) is 10.3 Å². The predicted octanol–water partition coefficient (Wildman–Crippen LogP) is 1.91. The molecule has 1 aromatic carbocycles. The van der Waals surface area contributed by atoms with E-state index in [2.05, 4.69) is 4.74 Å². The molecule has 0 aliphatic rings. The maximum absolute atomic E-state index is 12.5. The van der Waals surface area contributed by atoms with Crippen molar-refractivity contribution in [2.75, 3.05) is 7.11 Å². The number of hydrazine groups is 1. The van der Waals surface area contributed by atoms with E-state index in [1.54, 1.807) is 10.3 Å². The van der Waals surface area contributed by atoms with Crippen LogP contribution in [0.3, 0.4) is 0 Å². The SMILES string of the molecule is COC(=O)NNS(=O)(=O)c1cc(C(F)(F)F)ccc1Cl. The summed E-state index contributed by atoms with van der Waals surface area (Å²) < 4.78 is 65.1. The van der Waals surface area contributed by atoms with Crippen LogP contribution in [0.2, 0.25) is 5.02 Å². The molecule has 0 bridgehead atoms. The lowest BCUT2D eigenvalue weighted by Crippen LogP contribution is -2.41. The van der Waals surface area contributed by atoms with Crippen LogP contribution in [-0.4, -0.2) is 21.6 Å². The third-order valence-corrected chi connectivity index (χ3v) is 3.75. The molecule has 6 nitrogen and oxygen atoms in total. The Morgan fingerprint density at radius 2 is 1.95 bits per heavy atom. The van der Waals surface area contributed by atoms with Gasteiger partial charge in [-0.25, -0.2) is 18.6 Å². The van der Waals surface area contributed by atoms with Crippen LogP contribution >= 0.6 is 11.6 Å². The fraction of sp³-hybridized carbons (Fsp3) is 0.222. The van der Waals surface area contributed by atoms with Crippen molar-refractivity contribution in [3.8, 4) is 0 Å². The van der Waals surface area contributed by atoms with Gasteiger partial charge in [0.2, 0.25) is 0 Å². The Hall–Kier alpha value is -1.52. The van der Waals surface area contributed by atoms with E-state index in [0.717, 1.165) is 13.2 Å². The number of hydrogen-bond donors (Lipinski definition) is 2. The van der Waals surface area contributed by atoms with E-state index in [9.17, 15) is 26.4 Å². The minimum Gasteiger partial charge on any atom is -0.452 e. The summed E-state index contributed by atoms with van der Waals surface area (Å²) in [5, 5.41) is -0.433. The van der Waals surface area contributed by atoms with Gasteiger partial charge in [0.1, 0.15) is 4.90 Å². The van der Waals surface area contributed by atoms with Crippen LogP contribution in [0.15, 0.2) is 23.1 Å². The van der Waals surface area contributed by atoms with Gasteiger partial charge in [-0.3, -0.25) is 0 Å². The number of hydrogen-bond acceptors (Lipinski definition) is 4. The molecule has 0 aromatic heterocycles. The van der Waals surface area contributed by atoms with Crippen LogP contribution in [-0.2, 0) is 20.9 Å². The van der Waals surface area contributed by atoms with Gasteiger partial charge in [0.25, 0.3) is 10.0 Å². The summed E-state index contributed by atoms with van der Waals surface area (Å²) in [4.78, 5) is 11.4. The zero-order valence-corrected chi connectivity index (χ0v) is 11.4. The number of halogens is 4. The number of methoxy groups -OCH3 is 1. The fourth-order valence-corrected chi connectivity index (χ4v) is 2.46. The number of alkyl halides is 3. The molecule has 1 aromatic rings. The van der Waals surface area contributed by atoms with E-state index < -0.39 is 37.8 Å². The molecule has 0 atom stereocenters. The number of carbonyl (C=O) groups is 1. The van der Waals surface area contributed by atoms with Crippen molar-refractivity contribution in [2.24, 2.45) is 0 Å². The average molecular weight is 333 g/mol. The number of nitrogens with one attached hydrogen (secondary N) is 2. The van der Waals surface area contributed by atoms with Crippen molar-refractivity contribution in [3.05, 3.63) is 28.8 Å². The Morgan fingerprint density at radius 1 is 1.35 bits per heavy atom. The van der Waals surface area contributed by atoms with E-state index in [1.807, 2.05) is 0 Å². The van der Waals surface area contributed by atoms with Gasteiger partial charge in [-0.05, 0) is 18.2 Å². The Bertz CT molecular complexity index is 618. The van der Waals surface area contributed by atoms with E-state index in [-0.39, 0.29) is 0 Å². The van der Waals surface area contributed by atoms with E-state index in [0.29, 0.717) is 12.1 Å². The van der Waals surface area contributed by atoms with Crippen molar-refractivity contribution in [1.29, 1.82) is 0 Å². The highest BCUT2D eigenvalue weighted by atomic mass is 35.5. The van der Waals surface area contributed by atoms with E-state index >= 15 is 0 Å². The first kappa shape index (κ1) is 16.5. The summed E-state index contributed by atoms with van der Waals surface area (Å²) in [5.41, 5.74) is 0.423. The molecule has 0 spiro atoms. The Morgan fingerprint density at radius 3 is 2.45 bits per heavy atom. The largest absolute Gasteiger partial charge is 0.452 e. The number of carbonyl (C=O) groups excluding carboxylic acids is 1. The zero-order chi connectivity index (χ0) is 15.6. The molecule has 0 saturated carbocycles. The molecular formula is C9H8ClF3N2O4S. The normalized spacial score (nSPS) is 12.1. The van der Waals surface area contributed by atoms with Gasteiger partial charge >= 0.3 is 12.3 Å². The van der Waals surface area contributed by atoms with Crippen molar-refractivity contribution < 1.29 is 31.1 Å². The fourth-order valence-electron chi connectivity index (χ4n) is 1.10. The maximum atomic E-state index is 12.5. The first-order chi connectivity index (χ1) is 9.08. The Balaban J connectivity index is 3.14. The standard InChI is InChI=1S/C9H8ClF3N2O4S/c1-19-8(16)14-15-20(17,18)7-4-5(9(11,12)13)2-3-6(7)10/h2-4,15H,1H3,(H,14,16). The second-order valence-corrected chi connectivity index (χ2v) is 5.42. The molecule has 11 heteroatoms. The Kier molecular flexibility index (Phi) is 4.84. The van der Waals surface area contributed by atoms with Crippen molar-refractivity contribution in [3.63, 3.8) is 0 Å². The molecule has 0 unspecified atom stereocenters. The summed E-state index contributed by atoms with van der Waals surface area (Å²) in [5.74, 6) is 0. The molecule has 0 fully saturated rings. The summed E-state index contributed by atoms with van der Waals surface area (Å²) in [7, 11) is -3.50. The average Bonchev–Trinajstić information content (AvgIpc) is 2.34. The van der Waals surface area contributed by atoms with Crippen LogP contribution in [0.4, 0.5) is 18.0 Å². The summed E-state index contributed by atoms with van der Waals surface area (Å²) in [6.07, 6.45) is -5.87. The minimum absolute atomic E-state index is 0.351. The van der Waals surface area contributed by atoms with Crippen LogP contribution < -0.4 is 10.3 Å².